The maximum Gasteiger partial charge on any atom is 0.228 e. The molecule has 2 rings (SSSR count). The van der Waals surface area contributed by atoms with Gasteiger partial charge in [-0.1, -0.05) is 12.1 Å². The molecular formula is C14H12F2N2O. The van der Waals surface area contributed by atoms with Gasteiger partial charge >= 0.3 is 0 Å². The summed E-state index contributed by atoms with van der Waals surface area (Å²) in [4.78, 5) is 11.7. The highest BCUT2D eigenvalue weighted by Gasteiger charge is 2.08. The molecule has 98 valence electrons. The quantitative estimate of drug-likeness (QED) is 0.836. The molecule has 0 saturated heterocycles. The minimum Gasteiger partial charge on any atom is -0.399 e. The molecule has 0 spiro atoms. The molecule has 0 unspecified atom stereocenters. The van der Waals surface area contributed by atoms with Crippen LogP contribution in [0.5, 0.6) is 0 Å². The lowest BCUT2D eigenvalue weighted by atomic mass is 10.1. The van der Waals surface area contributed by atoms with Crippen LogP contribution in [0.4, 0.5) is 20.2 Å². The van der Waals surface area contributed by atoms with Gasteiger partial charge in [-0.3, -0.25) is 4.79 Å². The van der Waals surface area contributed by atoms with Crippen LogP contribution < -0.4 is 11.1 Å². The van der Waals surface area contributed by atoms with Gasteiger partial charge in [0.1, 0.15) is 11.6 Å². The number of nitrogens with one attached hydrogen (secondary N) is 1. The Labute approximate surface area is 109 Å². The molecule has 2 aromatic rings. The van der Waals surface area contributed by atoms with Crippen LogP contribution in [-0.2, 0) is 11.2 Å². The van der Waals surface area contributed by atoms with Crippen molar-refractivity contribution in [1.82, 2.24) is 0 Å². The number of nitrogen functional groups attached to an aromatic ring is 1. The first-order chi connectivity index (χ1) is 9.04. The van der Waals surface area contributed by atoms with Crippen LogP contribution in [0.3, 0.4) is 0 Å². The van der Waals surface area contributed by atoms with Gasteiger partial charge in [-0.25, -0.2) is 8.78 Å². The van der Waals surface area contributed by atoms with Crippen molar-refractivity contribution in [1.29, 1.82) is 0 Å². The first-order valence-electron chi connectivity index (χ1n) is 5.64. The fourth-order valence-corrected chi connectivity index (χ4v) is 1.61. The van der Waals surface area contributed by atoms with Crippen LogP contribution in [0.25, 0.3) is 0 Å². The molecule has 19 heavy (non-hydrogen) atoms. The van der Waals surface area contributed by atoms with Crippen LogP contribution in [0.15, 0.2) is 42.5 Å². The van der Waals surface area contributed by atoms with Crippen molar-refractivity contribution >= 4 is 17.3 Å². The smallest absolute Gasteiger partial charge is 0.228 e. The van der Waals surface area contributed by atoms with Gasteiger partial charge in [0, 0.05) is 11.8 Å². The van der Waals surface area contributed by atoms with Crippen molar-refractivity contribution in [2.45, 2.75) is 6.42 Å². The normalized spacial score (nSPS) is 10.2. The van der Waals surface area contributed by atoms with Crippen LogP contribution in [0.2, 0.25) is 0 Å². The van der Waals surface area contributed by atoms with Gasteiger partial charge in [-0.2, -0.15) is 0 Å². The zero-order valence-electron chi connectivity index (χ0n) is 9.99. The summed E-state index contributed by atoms with van der Waals surface area (Å²) < 4.78 is 26.3. The molecular weight excluding hydrogens is 250 g/mol. The molecule has 0 bridgehead atoms. The minimum atomic E-state index is -0.674. The van der Waals surface area contributed by atoms with Crippen molar-refractivity contribution in [3.05, 3.63) is 59.7 Å². The van der Waals surface area contributed by atoms with Crippen molar-refractivity contribution in [2.75, 3.05) is 11.1 Å². The monoisotopic (exact) mass is 262 g/mol. The maximum absolute atomic E-state index is 13.3. The largest absolute Gasteiger partial charge is 0.399 e. The number of amides is 1. The van der Waals surface area contributed by atoms with Crippen molar-refractivity contribution < 1.29 is 13.6 Å². The number of benzene rings is 2. The number of carbonyl (C=O) groups is 1. The standard InChI is InChI=1S/C14H12F2N2O/c15-10-3-6-12(16)13(8-10)18-14(19)7-9-1-4-11(17)5-2-9/h1-6,8H,7,17H2,(H,18,19). The number of halogens is 2. The summed E-state index contributed by atoms with van der Waals surface area (Å²) in [5, 5.41) is 2.33. The molecule has 0 aliphatic rings. The summed E-state index contributed by atoms with van der Waals surface area (Å²) in [6.45, 7) is 0. The van der Waals surface area contributed by atoms with Gasteiger partial charge in [-0.15, -0.1) is 0 Å². The third kappa shape index (κ3) is 3.51. The lowest BCUT2D eigenvalue weighted by Crippen LogP contribution is -2.15. The van der Waals surface area contributed by atoms with E-state index in [1.807, 2.05) is 0 Å². The molecule has 3 nitrogen and oxygen atoms in total. The van der Waals surface area contributed by atoms with Crippen molar-refractivity contribution in [3.8, 4) is 0 Å². The number of hydrogen-bond donors (Lipinski definition) is 2. The minimum absolute atomic E-state index is 0.0657. The third-order valence-electron chi connectivity index (χ3n) is 2.55. The molecule has 0 heterocycles. The van der Waals surface area contributed by atoms with Gasteiger partial charge in [0.05, 0.1) is 12.1 Å². The topological polar surface area (TPSA) is 55.1 Å². The van der Waals surface area contributed by atoms with E-state index in [-0.39, 0.29) is 12.1 Å². The first kappa shape index (κ1) is 13.0. The second-order valence-corrected chi connectivity index (χ2v) is 4.09. The van der Waals surface area contributed by atoms with E-state index in [0.717, 1.165) is 23.8 Å². The summed E-state index contributed by atoms with van der Waals surface area (Å²) in [6, 6.07) is 9.65. The van der Waals surface area contributed by atoms with Crippen molar-refractivity contribution in [2.24, 2.45) is 0 Å². The van der Waals surface area contributed by atoms with Gasteiger partial charge in [0.15, 0.2) is 0 Å². The number of rotatable bonds is 3. The Bertz CT molecular complexity index is 597. The van der Waals surface area contributed by atoms with Crippen LogP contribution in [0, 0.1) is 11.6 Å². The van der Waals surface area contributed by atoms with Crippen LogP contribution >= 0.6 is 0 Å². The summed E-state index contributed by atoms with van der Waals surface area (Å²) >= 11 is 0. The molecule has 0 fully saturated rings. The van der Waals surface area contributed by atoms with E-state index in [1.165, 1.54) is 0 Å². The molecule has 1 amide bonds. The maximum atomic E-state index is 13.3. The first-order valence-corrected chi connectivity index (χ1v) is 5.64. The molecule has 0 saturated carbocycles. The molecule has 3 N–H and O–H groups in total. The average molecular weight is 262 g/mol. The molecule has 5 heteroatoms. The van der Waals surface area contributed by atoms with Crippen LogP contribution in [-0.4, -0.2) is 5.91 Å². The number of carbonyl (C=O) groups excluding carboxylic acids is 1. The molecule has 0 aliphatic carbocycles. The summed E-state index contributed by atoms with van der Waals surface area (Å²) in [7, 11) is 0. The van der Waals surface area contributed by atoms with E-state index in [9.17, 15) is 13.6 Å². The molecule has 0 aliphatic heterocycles. The third-order valence-corrected chi connectivity index (χ3v) is 2.55. The van der Waals surface area contributed by atoms with E-state index < -0.39 is 17.5 Å². The van der Waals surface area contributed by atoms with E-state index >= 15 is 0 Å². The van der Waals surface area contributed by atoms with Gasteiger partial charge < -0.3 is 11.1 Å². The van der Waals surface area contributed by atoms with E-state index in [2.05, 4.69) is 5.32 Å². The van der Waals surface area contributed by atoms with Crippen molar-refractivity contribution in [3.63, 3.8) is 0 Å². The average Bonchev–Trinajstić information content (AvgIpc) is 2.37. The summed E-state index contributed by atoms with van der Waals surface area (Å²) in [6.07, 6.45) is 0.0657. The lowest BCUT2D eigenvalue weighted by molar-refractivity contribution is -0.115. The Balaban J connectivity index is 2.05. The summed E-state index contributed by atoms with van der Waals surface area (Å²) in [5.41, 5.74) is 6.70. The predicted octanol–water partition coefficient (Wildman–Crippen LogP) is 2.73. The van der Waals surface area contributed by atoms with Gasteiger partial charge in [0.25, 0.3) is 0 Å². The van der Waals surface area contributed by atoms with Gasteiger partial charge in [0.2, 0.25) is 5.91 Å². The van der Waals surface area contributed by atoms with E-state index in [0.29, 0.717) is 5.69 Å². The second kappa shape index (κ2) is 5.48. The molecule has 0 radical (unpaired) electrons. The fourth-order valence-electron chi connectivity index (χ4n) is 1.61. The fraction of sp³-hybridized carbons (Fsp3) is 0.0714. The highest BCUT2D eigenvalue weighted by Crippen LogP contribution is 2.16. The Hall–Kier alpha value is -2.43. The zero-order valence-corrected chi connectivity index (χ0v) is 9.99. The Kier molecular flexibility index (Phi) is 3.75. The highest BCUT2D eigenvalue weighted by molar-refractivity contribution is 5.92. The molecule has 0 aromatic heterocycles. The number of hydrogen-bond acceptors (Lipinski definition) is 2. The zero-order chi connectivity index (χ0) is 13.8. The summed E-state index contributed by atoms with van der Waals surface area (Å²) in [5.74, 6) is -1.70. The Morgan fingerprint density at radius 3 is 2.47 bits per heavy atom. The lowest BCUT2D eigenvalue weighted by Gasteiger charge is -2.06. The SMILES string of the molecule is Nc1ccc(CC(=O)Nc2cc(F)ccc2F)cc1. The number of nitrogens with two attached hydrogens (primary N) is 1. The van der Waals surface area contributed by atoms with Crippen LogP contribution in [0.1, 0.15) is 5.56 Å². The Morgan fingerprint density at radius 2 is 1.79 bits per heavy atom. The molecule has 2 aromatic carbocycles. The van der Waals surface area contributed by atoms with Gasteiger partial charge in [-0.05, 0) is 29.8 Å². The molecule has 0 atom stereocenters. The van der Waals surface area contributed by atoms with E-state index in [4.69, 9.17) is 5.73 Å². The van der Waals surface area contributed by atoms with E-state index in [1.54, 1.807) is 24.3 Å². The second-order valence-electron chi connectivity index (χ2n) is 4.09. The Morgan fingerprint density at radius 1 is 1.11 bits per heavy atom. The highest BCUT2D eigenvalue weighted by atomic mass is 19.1. The predicted molar refractivity (Wildman–Crippen MR) is 69.5 cm³/mol. The number of anilines is 2.